The predicted molar refractivity (Wildman–Crippen MR) is 117 cm³/mol. The van der Waals surface area contributed by atoms with Gasteiger partial charge in [-0.05, 0) is 26.2 Å². The number of aliphatic carboxylic acids is 2. The lowest BCUT2D eigenvalue weighted by atomic mass is 9.95. The third-order valence-electron chi connectivity index (χ3n) is 4.54. The smallest absolute Gasteiger partial charge is 0.306 e. The van der Waals surface area contributed by atoms with Crippen LogP contribution in [-0.2, 0) is 38.2 Å². The summed E-state index contributed by atoms with van der Waals surface area (Å²) in [5.41, 5.74) is 0. The Bertz CT molecular complexity index is 608. The molecule has 0 rings (SSSR count). The van der Waals surface area contributed by atoms with Crippen LogP contribution < -0.4 is 5.32 Å². The summed E-state index contributed by atoms with van der Waals surface area (Å²) in [6.45, 7) is 4.11. The summed E-state index contributed by atoms with van der Waals surface area (Å²) >= 11 is 0. The van der Waals surface area contributed by atoms with Crippen molar-refractivity contribution in [1.29, 1.82) is 0 Å². The van der Waals surface area contributed by atoms with Gasteiger partial charge in [0.15, 0.2) is 5.78 Å². The second kappa shape index (κ2) is 20.3. The molecule has 0 aliphatic rings. The monoisotopic (exact) mass is 475 g/mol. The first-order valence-electron chi connectivity index (χ1n) is 11.2. The zero-order valence-corrected chi connectivity index (χ0v) is 19.3. The van der Waals surface area contributed by atoms with Crippen molar-refractivity contribution in [2.45, 2.75) is 58.3 Å². The topological polar surface area (TPSA) is 166 Å². The van der Waals surface area contributed by atoms with E-state index in [0.717, 1.165) is 0 Å². The Kier molecular flexibility index (Phi) is 18.8. The molecule has 0 aliphatic carbocycles. The van der Waals surface area contributed by atoms with Gasteiger partial charge < -0.3 is 29.7 Å². The van der Waals surface area contributed by atoms with Gasteiger partial charge in [-0.2, -0.15) is 0 Å². The Morgan fingerprint density at radius 2 is 1.48 bits per heavy atom. The van der Waals surface area contributed by atoms with Crippen molar-refractivity contribution in [3.8, 4) is 0 Å². The summed E-state index contributed by atoms with van der Waals surface area (Å²) in [7, 11) is 0. The fraction of sp³-hybridized carbons (Fsp3) is 0.773. The fourth-order valence-corrected chi connectivity index (χ4v) is 2.78. The lowest BCUT2D eigenvalue weighted by molar-refractivity contribution is -0.144. The van der Waals surface area contributed by atoms with Crippen molar-refractivity contribution in [2.24, 2.45) is 5.92 Å². The third kappa shape index (κ3) is 20.0. The number of hydrogen-bond acceptors (Lipinski definition) is 8. The molecule has 33 heavy (non-hydrogen) atoms. The normalized spacial score (nSPS) is 11.7. The summed E-state index contributed by atoms with van der Waals surface area (Å²) in [5, 5.41) is 20.4. The predicted octanol–water partition coefficient (Wildman–Crippen LogP) is 1.22. The van der Waals surface area contributed by atoms with Crippen LogP contribution in [0.15, 0.2) is 0 Å². The molecule has 0 aromatic carbocycles. The Balaban J connectivity index is 3.78. The zero-order valence-electron chi connectivity index (χ0n) is 19.3. The van der Waals surface area contributed by atoms with E-state index in [-0.39, 0.29) is 89.0 Å². The Morgan fingerprint density at radius 1 is 0.788 bits per heavy atom. The van der Waals surface area contributed by atoms with Crippen LogP contribution in [0.4, 0.5) is 0 Å². The van der Waals surface area contributed by atoms with E-state index in [1.54, 1.807) is 0 Å². The van der Waals surface area contributed by atoms with E-state index in [1.165, 1.54) is 0 Å². The highest BCUT2D eigenvalue weighted by atomic mass is 16.5. The number of ether oxygens (including phenoxy) is 3. The highest BCUT2D eigenvalue weighted by molar-refractivity contribution is 5.84. The van der Waals surface area contributed by atoms with Gasteiger partial charge in [-0.3, -0.25) is 24.0 Å². The number of hydrogen-bond donors (Lipinski definition) is 3. The molecule has 0 fully saturated rings. The zero-order chi connectivity index (χ0) is 24.9. The van der Waals surface area contributed by atoms with Crippen LogP contribution in [0.25, 0.3) is 0 Å². The first kappa shape index (κ1) is 30.6. The van der Waals surface area contributed by atoms with Crippen LogP contribution in [0.5, 0.6) is 0 Å². The first-order chi connectivity index (χ1) is 15.8. The second-order valence-electron chi connectivity index (χ2n) is 7.42. The standard InChI is InChI=1S/C22H37NO10/c1-2-31-11-4-6-19(25)16-33-14-13-32-12-10-23-20(26)9-8-17(22(29)30)15-18(24)5-3-7-21(27)28/h17H,2-16H2,1H3,(H,23,26)(H,27,28)(H,29,30). The Labute approximate surface area is 194 Å². The number of carboxylic acid groups (broad SMARTS) is 2. The van der Waals surface area contributed by atoms with E-state index in [2.05, 4.69) is 5.32 Å². The molecule has 0 saturated heterocycles. The highest BCUT2D eigenvalue weighted by Gasteiger charge is 2.22. The van der Waals surface area contributed by atoms with E-state index in [0.29, 0.717) is 26.1 Å². The van der Waals surface area contributed by atoms with Gasteiger partial charge in [-0.25, -0.2) is 0 Å². The molecule has 0 spiro atoms. The molecule has 0 saturated carbocycles. The van der Waals surface area contributed by atoms with Gasteiger partial charge >= 0.3 is 11.9 Å². The van der Waals surface area contributed by atoms with E-state index in [9.17, 15) is 29.1 Å². The highest BCUT2D eigenvalue weighted by Crippen LogP contribution is 2.14. The van der Waals surface area contributed by atoms with Crippen LogP contribution >= 0.6 is 0 Å². The molecule has 190 valence electrons. The number of carboxylic acids is 2. The quantitative estimate of drug-likeness (QED) is 0.183. The van der Waals surface area contributed by atoms with Crippen molar-refractivity contribution in [1.82, 2.24) is 5.32 Å². The van der Waals surface area contributed by atoms with E-state index >= 15 is 0 Å². The largest absolute Gasteiger partial charge is 0.481 e. The third-order valence-corrected chi connectivity index (χ3v) is 4.54. The van der Waals surface area contributed by atoms with Crippen LogP contribution in [0.1, 0.15) is 58.3 Å². The van der Waals surface area contributed by atoms with Crippen molar-refractivity contribution in [3.63, 3.8) is 0 Å². The molecule has 0 aromatic rings. The minimum absolute atomic E-state index is 0.00333. The van der Waals surface area contributed by atoms with Gasteiger partial charge in [-0.1, -0.05) is 0 Å². The average Bonchev–Trinajstić information content (AvgIpc) is 2.75. The van der Waals surface area contributed by atoms with E-state index < -0.39 is 17.9 Å². The SMILES string of the molecule is CCOCCCC(=O)COCCOCCNC(=O)CCC(CC(=O)CCCC(=O)O)C(=O)O. The lowest BCUT2D eigenvalue weighted by Gasteiger charge is -2.12. The van der Waals surface area contributed by atoms with Gasteiger partial charge in [0.05, 0.1) is 25.7 Å². The van der Waals surface area contributed by atoms with E-state index in [4.69, 9.17) is 19.3 Å². The molecular formula is C22H37NO10. The van der Waals surface area contributed by atoms with Crippen LogP contribution in [0, 0.1) is 5.92 Å². The van der Waals surface area contributed by atoms with Crippen LogP contribution in [0.3, 0.4) is 0 Å². The van der Waals surface area contributed by atoms with Crippen molar-refractivity contribution in [2.75, 3.05) is 46.2 Å². The average molecular weight is 476 g/mol. The molecule has 3 N–H and O–H groups in total. The van der Waals surface area contributed by atoms with E-state index in [1.807, 2.05) is 6.92 Å². The maximum Gasteiger partial charge on any atom is 0.306 e. The summed E-state index contributed by atoms with van der Waals surface area (Å²) in [6.07, 6.45) is 0.847. The van der Waals surface area contributed by atoms with Gasteiger partial charge in [0, 0.05) is 51.9 Å². The molecular weight excluding hydrogens is 438 g/mol. The molecule has 0 aromatic heterocycles. The van der Waals surface area contributed by atoms with Gasteiger partial charge in [0.25, 0.3) is 0 Å². The first-order valence-corrected chi connectivity index (χ1v) is 11.2. The number of nitrogens with one attached hydrogen (secondary N) is 1. The van der Waals surface area contributed by atoms with Crippen LogP contribution in [-0.4, -0.2) is 85.8 Å². The van der Waals surface area contributed by atoms with Gasteiger partial charge in [0.2, 0.25) is 5.91 Å². The van der Waals surface area contributed by atoms with Gasteiger partial charge in [0.1, 0.15) is 12.4 Å². The number of carbonyl (C=O) groups is 5. The number of amides is 1. The lowest BCUT2D eigenvalue weighted by Crippen LogP contribution is -2.29. The molecule has 1 atom stereocenters. The fourth-order valence-electron chi connectivity index (χ4n) is 2.78. The molecule has 11 heteroatoms. The summed E-state index contributed by atoms with van der Waals surface area (Å²) in [6, 6.07) is 0. The molecule has 0 radical (unpaired) electrons. The number of rotatable bonds is 23. The number of Topliss-reactive ketones (excluding diaryl/α,β-unsaturated/α-hetero) is 2. The second-order valence-corrected chi connectivity index (χ2v) is 7.42. The maximum absolute atomic E-state index is 11.9. The molecule has 1 unspecified atom stereocenters. The molecule has 0 bridgehead atoms. The Hall–Kier alpha value is -2.37. The van der Waals surface area contributed by atoms with Crippen molar-refractivity contribution < 1.29 is 48.4 Å². The molecule has 11 nitrogen and oxygen atoms in total. The van der Waals surface area contributed by atoms with Crippen molar-refractivity contribution >= 4 is 29.4 Å². The minimum atomic E-state index is -1.16. The molecule has 0 aliphatic heterocycles. The summed E-state index contributed by atoms with van der Waals surface area (Å²) < 4.78 is 15.7. The van der Waals surface area contributed by atoms with Gasteiger partial charge in [-0.15, -0.1) is 0 Å². The maximum atomic E-state index is 11.9. The van der Waals surface area contributed by atoms with Crippen LogP contribution in [0.2, 0.25) is 0 Å². The molecule has 1 amide bonds. The number of carbonyl (C=O) groups excluding carboxylic acids is 3. The number of ketones is 2. The van der Waals surface area contributed by atoms with Crippen molar-refractivity contribution in [3.05, 3.63) is 0 Å². The summed E-state index contributed by atoms with van der Waals surface area (Å²) in [4.78, 5) is 57.0. The molecule has 0 heterocycles. The minimum Gasteiger partial charge on any atom is -0.481 e. The summed E-state index contributed by atoms with van der Waals surface area (Å²) in [5.74, 6) is -3.83. The Morgan fingerprint density at radius 3 is 2.15 bits per heavy atom.